The summed E-state index contributed by atoms with van der Waals surface area (Å²) in [4.78, 5) is 2.44. The fourth-order valence-electron chi connectivity index (χ4n) is 2.03. The van der Waals surface area contributed by atoms with Gasteiger partial charge in [-0.1, -0.05) is 48.8 Å². The minimum atomic E-state index is 0.587. The smallest absolute Gasteiger partial charge is 0.144 e. The van der Waals surface area contributed by atoms with Crippen molar-refractivity contribution in [3.05, 3.63) is 34.9 Å². The first kappa shape index (κ1) is 17.3. The fraction of sp³-hybridized carbons (Fsp3) is 0.533. The molecule has 0 bridgehead atoms. The van der Waals surface area contributed by atoms with Crippen LogP contribution in [0.25, 0.3) is 0 Å². The number of rotatable bonds is 8. The number of halogens is 1. The second-order valence-electron chi connectivity index (χ2n) is 4.58. The van der Waals surface area contributed by atoms with Gasteiger partial charge in [0.05, 0.1) is 5.02 Å². The van der Waals surface area contributed by atoms with Crippen molar-refractivity contribution in [2.75, 3.05) is 25.4 Å². The monoisotopic (exact) mass is 314 g/mol. The SMILES string of the molecule is CCCN(CCC)CCS/C(=N/O)c1ccccc1Cl. The number of benzene rings is 1. The molecule has 0 heterocycles. The molecule has 0 atom stereocenters. The minimum absolute atomic E-state index is 0.587. The molecule has 0 unspecified atom stereocenters. The molecule has 5 heteroatoms. The summed E-state index contributed by atoms with van der Waals surface area (Å²) >= 11 is 7.67. The highest BCUT2D eigenvalue weighted by atomic mass is 35.5. The lowest BCUT2D eigenvalue weighted by molar-refractivity contribution is 0.292. The van der Waals surface area contributed by atoms with Gasteiger partial charge in [0.1, 0.15) is 5.04 Å². The molecule has 1 rings (SSSR count). The second-order valence-corrected chi connectivity index (χ2v) is 6.07. The fourth-order valence-corrected chi connectivity index (χ4v) is 3.25. The minimum Gasteiger partial charge on any atom is -0.410 e. The summed E-state index contributed by atoms with van der Waals surface area (Å²) in [5.41, 5.74) is 0.791. The third-order valence-corrected chi connectivity index (χ3v) is 4.21. The predicted molar refractivity (Wildman–Crippen MR) is 89.3 cm³/mol. The predicted octanol–water partition coefficient (Wildman–Crippen LogP) is 4.33. The Morgan fingerprint density at radius 2 is 1.85 bits per heavy atom. The van der Waals surface area contributed by atoms with Crippen molar-refractivity contribution in [3.8, 4) is 0 Å². The van der Waals surface area contributed by atoms with Gasteiger partial charge in [-0.25, -0.2) is 0 Å². The quantitative estimate of drug-likeness (QED) is 0.336. The molecule has 0 saturated carbocycles. The lowest BCUT2D eigenvalue weighted by atomic mass is 10.2. The third kappa shape index (κ3) is 5.73. The van der Waals surface area contributed by atoms with Gasteiger partial charge in [-0.3, -0.25) is 0 Å². The summed E-state index contributed by atoms with van der Waals surface area (Å²) < 4.78 is 0. The van der Waals surface area contributed by atoms with Crippen molar-refractivity contribution in [2.24, 2.45) is 5.16 Å². The topological polar surface area (TPSA) is 35.8 Å². The van der Waals surface area contributed by atoms with Gasteiger partial charge < -0.3 is 10.1 Å². The summed E-state index contributed by atoms with van der Waals surface area (Å²) in [7, 11) is 0. The Kier molecular flexibility index (Phi) is 8.74. The second kappa shape index (κ2) is 10.1. The van der Waals surface area contributed by atoms with Crippen LogP contribution in [0, 0.1) is 0 Å². The third-order valence-electron chi connectivity index (χ3n) is 2.92. The first-order chi connectivity index (χ1) is 9.72. The van der Waals surface area contributed by atoms with E-state index >= 15 is 0 Å². The standard InChI is InChI=1S/C15H23ClN2OS/c1-3-9-18(10-4-2)11-12-20-15(17-19)13-7-5-6-8-14(13)16/h5-8,19H,3-4,9-12H2,1-2H3/b17-15+. The molecule has 1 aromatic rings. The zero-order valence-corrected chi connectivity index (χ0v) is 13.8. The average Bonchev–Trinajstić information content (AvgIpc) is 2.45. The molecule has 0 aliphatic heterocycles. The highest BCUT2D eigenvalue weighted by molar-refractivity contribution is 8.14. The molecular weight excluding hydrogens is 292 g/mol. The van der Waals surface area contributed by atoms with E-state index in [1.807, 2.05) is 24.3 Å². The number of oxime groups is 1. The van der Waals surface area contributed by atoms with Crippen LogP contribution in [0.15, 0.2) is 29.4 Å². The summed E-state index contributed by atoms with van der Waals surface area (Å²) in [6.45, 7) is 7.62. The van der Waals surface area contributed by atoms with E-state index < -0.39 is 0 Å². The zero-order chi connectivity index (χ0) is 14.8. The Labute approximate surface area is 131 Å². The molecule has 0 saturated heterocycles. The van der Waals surface area contributed by atoms with Gasteiger partial charge in [0.25, 0.3) is 0 Å². The average molecular weight is 315 g/mol. The van der Waals surface area contributed by atoms with Gasteiger partial charge in [0, 0.05) is 17.9 Å². The molecule has 112 valence electrons. The van der Waals surface area contributed by atoms with Gasteiger partial charge in [-0.05, 0) is 32.0 Å². The van der Waals surface area contributed by atoms with Crippen molar-refractivity contribution in [2.45, 2.75) is 26.7 Å². The molecular formula is C15H23ClN2OS. The Balaban J connectivity index is 2.52. The Bertz CT molecular complexity index is 420. The molecule has 20 heavy (non-hydrogen) atoms. The van der Waals surface area contributed by atoms with Crippen LogP contribution in [-0.2, 0) is 0 Å². The van der Waals surface area contributed by atoms with Crippen molar-refractivity contribution in [1.29, 1.82) is 0 Å². The van der Waals surface area contributed by atoms with Crippen LogP contribution < -0.4 is 0 Å². The van der Waals surface area contributed by atoms with Gasteiger partial charge in [0.15, 0.2) is 0 Å². The highest BCUT2D eigenvalue weighted by Gasteiger charge is 2.10. The van der Waals surface area contributed by atoms with Crippen molar-refractivity contribution in [3.63, 3.8) is 0 Å². The van der Waals surface area contributed by atoms with Crippen molar-refractivity contribution < 1.29 is 5.21 Å². The number of thioether (sulfide) groups is 1. The van der Waals surface area contributed by atoms with Crippen LogP contribution in [-0.4, -0.2) is 40.5 Å². The molecule has 0 radical (unpaired) electrons. The summed E-state index contributed by atoms with van der Waals surface area (Å²) in [6, 6.07) is 7.45. The van der Waals surface area contributed by atoms with Gasteiger partial charge in [-0.15, -0.1) is 11.8 Å². The van der Waals surface area contributed by atoms with E-state index in [1.165, 1.54) is 0 Å². The van der Waals surface area contributed by atoms with Crippen LogP contribution in [0.4, 0.5) is 0 Å². The molecule has 1 N–H and O–H groups in total. The van der Waals surface area contributed by atoms with E-state index in [2.05, 4.69) is 23.9 Å². The van der Waals surface area contributed by atoms with Gasteiger partial charge >= 0.3 is 0 Å². The molecule has 0 spiro atoms. The summed E-state index contributed by atoms with van der Waals surface area (Å²) in [6.07, 6.45) is 2.33. The molecule has 0 aliphatic carbocycles. The number of hydrogen-bond acceptors (Lipinski definition) is 4. The normalized spacial score (nSPS) is 12.1. The Morgan fingerprint density at radius 3 is 2.40 bits per heavy atom. The lowest BCUT2D eigenvalue weighted by Gasteiger charge is -2.20. The van der Waals surface area contributed by atoms with Crippen LogP contribution in [0.5, 0.6) is 0 Å². The van der Waals surface area contributed by atoms with E-state index in [4.69, 9.17) is 11.6 Å². The highest BCUT2D eigenvalue weighted by Crippen LogP contribution is 2.21. The van der Waals surface area contributed by atoms with E-state index in [-0.39, 0.29) is 0 Å². The number of hydrogen-bond donors (Lipinski definition) is 1. The maximum atomic E-state index is 9.17. The molecule has 1 aromatic carbocycles. The lowest BCUT2D eigenvalue weighted by Crippen LogP contribution is -2.28. The molecule has 3 nitrogen and oxygen atoms in total. The Morgan fingerprint density at radius 1 is 1.20 bits per heavy atom. The van der Waals surface area contributed by atoms with E-state index in [9.17, 15) is 5.21 Å². The van der Waals surface area contributed by atoms with Crippen LogP contribution in [0.3, 0.4) is 0 Å². The van der Waals surface area contributed by atoms with Gasteiger partial charge in [0.2, 0.25) is 0 Å². The molecule has 0 fully saturated rings. The maximum Gasteiger partial charge on any atom is 0.144 e. The van der Waals surface area contributed by atoms with Crippen LogP contribution >= 0.6 is 23.4 Å². The van der Waals surface area contributed by atoms with Gasteiger partial charge in [-0.2, -0.15) is 0 Å². The van der Waals surface area contributed by atoms with Crippen molar-refractivity contribution >= 4 is 28.4 Å². The zero-order valence-electron chi connectivity index (χ0n) is 12.2. The largest absolute Gasteiger partial charge is 0.410 e. The first-order valence-corrected chi connectivity index (χ1v) is 8.41. The van der Waals surface area contributed by atoms with E-state index in [0.717, 1.165) is 43.8 Å². The van der Waals surface area contributed by atoms with Crippen LogP contribution in [0.2, 0.25) is 5.02 Å². The van der Waals surface area contributed by atoms with E-state index in [0.29, 0.717) is 10.1 Å². The number of nitrogens with zero attached hydrogens (tertiary/aromatic N) is 2. The van der Waals surface area contributed by atoms with E-state index in [1.54, 1.807) is 11.8 Å². The van der Waals surface area contributed by atoms with Crippen molar-refractivity contribution in [1.82, 2.24) is 4.90 Å². The molecule has 0 amide bonds. The summed E-state index contributed by atoms with van der Waals surface area (Å²) in [5.74, 6) is 0.893. The van der Waals surface area contributed by atoms with Crippen LogP contribution in [0.1, 0.15) is 32.3 Å². The maximum absolute atomic E-state index is 9.17. The summed E-state index contributed by atoms with van der Waals surface area (Å²) in [5, 5.41) is 13.8. The molecule has 0 aromatic heterocycles. The molecule has 0 aliphatic rings. The first-order valence-electron chi connectivity index (χ1n) is 7.05. The Hall–Kier alpha value is -0.710.